The van der Waals surface area contributed by atoms with Crippen LogP contribution in [0.5, 0.6) is 0 Å². The van der Waals surface area contributed by atoms with Crippen LogP contribution in [0.4, 0.5) is 0 Å². The number of likely N-dealkylation sites (tertiary alicyclic amines) is 1. The maximum atomic E-state index is 11.7. The number of aliphatic carboxylic acids is 1. The number of esters is 1. The SMILES string of the molecule is COC(=O)CC[C@H](NC(=O)CCN1CCCC1)C(=O)O. The molecule has 0 spiro atoms. The molecule has 0 bridgehead atoms. The lowest BCUT2D eigenvalue weighted by Gasteiger charge is -2.16. The lowest BCUT2D eigenvalue weighted by atomic mass is 10.1. The number of amides is 1. The number of carboxylic acids is 1. The molecule has 1 rings (SSSR count). The highest BCUT2D eigenvalue weighted by Crippen LogP contribution is 2.07. The molecule has 20 heavy (non-hydrogen) atoms. The maximum absolute atomic E-state index is 11.7. The van der Waals surface area contributed by atoms with Gasteiger partial charge < -0.3 is 20.1 Å². The number of rotatable bonds is 8. The van der Waals surface area contributed by atoms with Crippen molar-refractivity contribution in [2.24, 2.45) is 0 Å². The van der Waals surface area contributed by atoms with Crippen molar-refractivity contribution < 1.29 is 24.2 Å². The molecule has 0 radical (unpaired) electrons. The summed E-state index contributed by atoms with van der Waals surface area (Å²) >= 11 is 0. The van der Waals surface area contributed by atoms with Gasteiger partial charge in [0.05, 0.1) is 7.11 Å². The summed E-state index contributed by atoms with van der Waals surface area (Å²) in [5.41, 5.74) is 0. The van der Waals surface area contributed by atoms with Crippen LogP contribution >= 0.6 is 0 Å². The van der Waals surface area contributed by atoms with Gasteiger partial charge in [0.25, 0.3) is 0 Å². The van der Waals surface area contributed by atoms with Crippen LogP contribution in [-0.4, -0.2) is 60.6 Å². The van der Waals surface area contributed by atoms with E-state index in [0.29, 0.717) is 6.54 Å². The molecule has 1 aliphatic rings. The molecule has 1 amide bonds. The largest absolute Gasteiger partial charge is 0.480 e. The Morgan fingerprint density at radius 2 is 1.90 bits per heavy atom. The normalized spacial score (nSPS) is 16.6. The molecule has 1 atom stereocenters. The number of carbonyl (C=O) groups excluding carboxylic acids is 2. The highest BCUT2D eigenvalue weighted by Gasteiger charge is 2.21. The molecule has 1 saturated heterocycles. The first-order valence-corrected chi connectivity index (χ1v) is 6.84. The van der Waals surface area contributed by atoms with Crippen LogP contribution < -0.4 is 5.32 Å². The Balaban J connectivity index is 2.30. The summed E-state index contributed by atoms with van der Waals surface area (Å²) in [6, 6.07) is -1.04. The number of carbonyl (C=O) groups is 3. The van der Waals surface area contributed by atoms with Gasteiger partial charge in [-0.3, -0.25) is 9.59 Å². The van der Waals surface area contributed by atoms with Crippen LogP contribution in [0, 0.1) is 0 Å². The van der Waals surface area contributed by atoms with E-state index in [0.717, 1.165) is 25.9 Å². The standard InChI is InChI=1S/C13H22N2O5/c1-20-12(17)5-4-10(13(18)19)14-11(16)6-9-15-7-2-3-8-15/h10H,2-9H2,1H3,(H,14,16)(H,18,19)/t10-/m0/s1. The van der Waals surface area contributed by atoms with Gasteiger partial charge in [-0.15, -0.1) is 0 Å². The zero-order valence-corrected chi connectivity index (χ0v) is 11.8. The average molecular weight is 286 g/mol. The van der Waals surface area contributed by atoms with Crippen molar-refractivity contribution in [3.8, 4) is 0 Å². The minimum Gasteiger partial charge on any atom is -0.480 e. The third-order valence-corrected chi connectivity index (χ3v) is 3.35. The van der Waals surface area contributed by atoms with Gasteiger partial charge in [-0.1, -0.05) is 0 Å². The van der Waals surface area contributed by atoms with Gasteiger partial charge in [0, 0.05) is 19.4 Å². The quantitative estimate of drug-likeness (QED) is 0.610. The number of hydrogen-bond donors (Lipinski definition) is 2. The predicted octanol–water partition coefficient (Wildman–Crippen LogP) is -0.00510. The first-order valence-electron chi connectivity index (χ1n) is 6.84. The molecule has 114 valence electrons. The Hall–Kier alpha value is -1.63. The molecule has 0 aromatic carbocycles. The van der Waals surface area contributed by atoms with Crippen molar-refractivity contribution >= 4 is 17.8 Å². The maximum Gasteiger partial charge on any atom is 0.326 e. The molecule has 0 aromatic rings. The Kier molecular flexibility index (Phi) is 7.00. The molecule has 7 heteroatoms. The Labute approximate surface area is 118 Å². The Morgan fingerprint density at radius 1 is 1.25 bits per heavy atom. The number of ether oxygens (including phenoxy) is 1. The van der Waals surface area contributed by atoms with Gasteiger partial charge in [-0.2, -0.15) is 0 Å². The number of hydrogen-bond acceptors (Lipinski definition) is 5. The van der Waals surface area contributed by atoms with Crippen molar-refractivity contribution in [2.75, 3.05) is 26.7 Å². The second-order valence-corrected chi connectivity index (χ2v) is 4.87. The fraction of sp³-hybridized carbons (Fsp3) is 0.769. The lowest BCUT2D eigenvalue weighted by Crippen LogP contribution is -2.42. The molecular formula is C13H22N2O5. The molecule has 2 N–H and O–H groups in total. The molecule has 0 saturated carbocycles. The average Bonchev–Trinajstić information content (AvgIpc) is 2.93. The first-order chi connectivity index (χ1) is 9.52. The molecule has 1 fully saturated rings. The summed E-state index contributed by atoms with van der Waals surface area (Å²) in [7, 11) is 1.24. The van der Waals surface area contributed by atoms with E-state index in [1.165, 1.54) is 7.11 Å². The van der Waals surface area contributed by atoms with E-state index in [1.54, 1.807) is 0 Å². The van der Waals surface area contributed by atoms with Gasteiger partial charge in [0.1, 0.15) is 6.04 Å². The Bertz CT molecular complexity index is 353. The zero-order valence-electron chi connectivity index (χ0n) is 11.8. The number of nitrogens with zero attached hydrogens (tertiary/aromatic N) is 1. The highest BCUT2D eigenvalue weighted by molar-refractivity contribution is 5.84. The summed E-state index contributed by atoms with van der Waals surface area (Å²) in [5, 5.41) is 11.5. The van der Waals surface area contributed by atoms with Crippen LogP contribution in [0.3, 0.4) is 0 Å². The second kappa shape index (κ2) is 8.52. The molecule has 0 aromatic heterocycles. The molecular weight excluding hydrogens is 264 g/mol. The molecule has 0 aliphatic carbocycles. The van der Waals surface area contributed by atoms with Gasteiger partial charge >= 0.3 is 11.9 Å². The van der Waals surface area contributed by atoms with E-state index < -0.39 is 18.0 Å². The first kappa shape index (κ1) is 16.4. The monoisotopic (exact) mass is 286 g/mol. The predicted molar refractivity (Wildman–Crippen MR) is 71.1 cm³/mol. The summed E-state index contributed by atoms with van der Waals surface area (Å²) in [4.78, 5) is 35.9. The molecule has 0 unspecified atom stereocenters. The number of carboxylic acid groups (broad SMARTS) is 1. The van der Waals surface area contributed by atoms with Crippen molar-refractivity contribution in [2.45, 2.75) is 38.1 Å². The minimum absolute atomic E-state index is 0.0279. The van der Waals surface area contributed by atoms with E-state index >= 15 is 0 Å². The van der Waals surface area contributed by atoms with E-state index in [4.69, 9.17) is 5.11 Å². The van der Waals surface area contributed by atoms with E-state index in [2.05, 4.69) is 15.0 Å². The summed E-state index contributed by atoms with van der Waals surface area (Å²) in [6.45, 7) is 2.64. The van der Waals surface area contributed by atoms with Crippen LogP contribution in [0.15, 0.2) is 0 Å². The topological polar surface area (TPSA) is 95.9 Å². The minimum atomic E-state index is -1.14. The van der Waals surface area contributed by atoms with Crippen LogP contribution in [-0.2, 0) is 19.1 Å². The van der Waals surface area contributed by atoms with Crippen LogP contribution in [0.1, 0.15) is 32.1 Å². The summed E-state index contributed by atoms with van der Waals surface area (Å²) in [5.74, 6) is -1.92. The Morgan fingerprint density at radius 3 is 2.45 bits per heavy atom. The zero-order chi connectivity index (χ0) is 15.0. The van der Waals surface area contributed by atoms with Crippen molar-refractivity contribution in [1.82, 2.24) is 10.2 Å². The highest BCUT2D eigenvalue weighted by atomic mass is 16.5. The van der Waals surface area contributed by atoms with Gasteiger partial charge in [0.15, 0.2) is 0 Å². The number of nitrogens with one attached hydrogen (secondary N) is 1. The fourth-order valence-corrected chi connectivity index (χ4v) is 2.15. The van der Waals surface area contributed by atoms with Crippen molar-refractivity contribution in [1.29, 1.82) is 0 Å². The van der Waals surface area contributed by atoms with E-state index in [9.17, 15) is 14.4 Å². The molecule has 7 nitrogen and oxygen atoms in total. The van der Waals surface area contributed by atoms with E-state index in [-0.39, 0.29) is 25.2 Å². The smallest absolute Gasteiger partial charge is 0.326 e. The summed E-state index contributed by atoms with van der Waals surface area (Å²) in [6.07, 6.45) is 2.59. The van der Waals surface area contributed by atoms with Gasteiger partial charge in [-0.05, 0) is 32.4 Å². The van der Waals surface area contributed by atoms with E-state index in [1.807, 2.05) is 0 Å². The third-order valence-electron chi connectivity index (χ3n) is 3.35. The number of methoxy groups -OCH3 is 1. The molecule has 1 aliphatic heterocycles. The summed E-state index contributed by atoms with van der Waals surface area (Å²) < 4.78 is 4.45. The van der Waals surface area contributed by atoms with Crippen LogP contribution in [0.25, 0.3) is 0 Å². The molecule has 1 heterocycles. The second-order valence-electron chi connectivity index (χ2n) is 4.87. The fourth-order valence-electron chi connectivity index (χ4n) is 2.15. The van der Waals surface area contributed by atoms with Crippen molar-refractivity contribution in [3.05, 3.63) is 0 Å². The lowest BCUT2D eigenvalue weighted by molar-refractivity contribution is -0.144. The third kappa shape index (κ3) is 6.01. The van der Waals surface area contributed by atoms with Crippen LogP contribution in [0.2, 0.25) is 0 Å². The van der Waals surface area contributed by atoms with Gasteiger partial charge in [0.2, 0.25) is 5.91 Å². The van der Waals surface area contributed by atoms with Crippen molar-refractivity contribution in [3.63, 3.8) is 0 Å². The van der Waals surface area contributed by atoms with Gasteiger partial charge in [-0.25, -0.2) is 4.79 Å².